The summed E-state index contributed by atoms with van der Waals surface area (Å²) in [4.78, 5) is 152. The van der Waals surface area contributed by atoms with Crippen LogP contribution in [0.15, 0.2) is 22.3 Å². The van der Waals surface area contributed by atoms with Gasteiger partial charge in [-0.2, -0.15) is 0 Å². The maximum atomic E-state index is 13.1. The average molecular weight is 1340 g/mol. The molecule has 0 aromatic carbocycles. The number of hydrogen-bond donors (Lipinski definition) is 0. The SMILES string of the molecule is CC(C(C)C(C)C(C)C(C)C(C)C(C)(C)C)C(C)C(C)C(C)C(C)C(C)(C)C.CC(C)(C)C1=C(C2C(=O)OC(=O)C2C2=C(C(C)(C)C)C(=O)OC2=O)C(=O)OC1=O.COC(=O)C(CC(C(C)=O)C(C(=O)OC)C(C)(C)C)C(CC(C(C)=O)C(C(=O)OC)C(C)(C)C)C(=O)OC. The Kier molecular flexibility index (Phi) is 30.8. The molecule has 95 heavy (non-hydrogen) atoms. The van der Waals surface area contributed by atoms with Crippen LogP contribution < -0.4 is 0 Å². The smallest absolute Gasteiger partial charge is 0.343 e. The molecule has 19 heteroatoms. The fourth-order valence-electron chi connectivity index (χ4n) is 14.5. The fourth-order valence-corrected chi connectivity index (χ4v) is 14.5. The molecule has 0 saturated carbocycles. The lowest BCUT2D eigenvalue weighted by molar-refractivity contribution is -0.164. The van der Waals surface area contributed by atoms with Gasteiger partial charge in [-0.25, -0.2) is 19.2 Å². The summed E-state index contributed by atoms with van der Waals surface area (Å²) < 4.78 is 34.1. The minimum atomic E-state index is -1.60. The summed E-state index contributed by atoms with van der Waals surface area (Å²) in [5.74, 6) is -11.8. The van der Waals surface area contributed by atoms with Crippen molar-refractivity contribution in [2.24, 2.45) is 139 Å². The molecule has 19 nitrogen and oxygen atoms in total. The quantitative estimate of drug-likeness (QED) is 0.0493. The van der Waals surface area contributed by atoms with Crippen LogP contribution in [-0.4, -0.2) is 99.7 Å². The Bertz CT molecular complexity index is 2690. The van der Waals surface area contributed by atoms with Gasteiger partial charge in [0.2, 0.25) is 0 Å². The number of rotatable bonds is 24. The maximum Gasteiger partial charge on any atom is 0.343 e. The first-order valence-electron chi connectivity index (χ1n) is 33.9. The molecule has 18 atom stereocenters. The van der Waals surface area contributed by atoms with Gasteiger partial charge in [0.1, 0.15) is 23.4 Å². The molecule has 3 rings (SSSR count). The Morgan fingerprint density at radius 3 is 0.758 bits per heavy atom. The van der Waals surface area contributed by atoms with E-state index in [1.165, 1.54) is 28.1 Å². The van der Waals surface area contributed by atoms with Crippen molar-refractivity contribution in [3.05, 3.63) is 22.3 Å². The summed E-state index contributed by atoms with van der Waals surface area (Å²) in [6, 6.07) is 0. The third kappa shape index (κ3) is 21.6. The normalized spacial score (nSPS) is 21.7. The molecule has 542 valence electrons. The lowest BCUT2D eigenvalue weighted by Crippen LogP contribution is -2.45. The van der Waals surface area contributed by atoms with E-state index in [0.717, 1.165) is 73.4 Å². The van der Waals surface area contributed by atoms with Crippen molar-refractivity contribution in [1.29, 1.82) is 0 Å². The number of Topliss-reactive ketones (excluding diaryl/α,β-unsaturated/α-hetero) is 2. The molecular formula is C76H124O19. The highest BCUT2D eigenvalue weighted by atomic mass is 16.6. The van der Waals surface area contributed by atoms with Crippen LogP contribution in [0.4, 0.5) is 0 Å². The van der Waals surface area contributed by atoms with E-state index >= 15 is 0 Å². The van der Waals surface area contributed by atoms with Crippen LogP contribution in [0.3, 0.4) is 0 Å². The molecule has 0 bridgehead atoms. The number of methoxy groups -OCH3 is 4. The van der Waals surface area contributed by atoms with Crippen molar-refractivity contribution in [3.63, 3.8) is 0 Å². The van der Waals surface area contributed by atoms with Crippen molar-refractivity contribution in [2.45, 2.75) is 221 Å². The molecule has 3 heterocycles. The summed E-state index contributed by atoms with van der Waals surface area (Å²) in [7, 11) is 4.71. The monoisotopic (exact) mass is 1340 g/mol. The molecule has 1 saturated heterocycles. The van der Waals surface area contributed by atoms with Gasteiger partial charge in [0.25, 0.3) is 0 Å². The third-order valence-electron chi connectivity index (χ3n) is 22.2. The number of carbonyl (C=O) groups is 12. The first kappa shape index (κ1) is 87.1. The van der Waals surface area contributed by atoms with E-state index in [2.05, 4.69) is 111 Å². The van der Waals surface area contributed by atoms with Gasteiger partial charge in [0, 0.05) is 11.8 Å². The zero-order valence-corrected chi connectivity index (χ0v) is 64.6. The molecule has 0 aromatic heterocycles. The molecule has 0 spiro atoms. The maximum absolute atomic E-state index is 13.1. The van der Waals surface area contributed by atoms with Gasteiger partial charge in [-0.3, -0.25) is 38.4 Å². The van der Waals surface area contributed by atoms with E-state index in [9.17, 15) is 57.5 Å². The number of ketones is 2. The number of cyclic esters (lactones) is 6. The average Bonchev–Trinajstić information content (AvgIpc) is 1.59. The molecule has 0 amide bonds. The second-order valence-corrected chi connectivity index (χ2v) is 34.2. The summed E-state index contributed by atoms with van der Waals surface area (Å²) >= 11 is 0. The van der Waals surface area contributed by atoms with E-state index < -0.39 is 129 Å². The van der Waals surface area contributed by atoms with Gasteiger partial charge in [-0.05, 0) is 118 Å². The Labute approximate surface area is 569 Å². The van der Waals surface area contributed by atoms with Crippen LogP contribution >= 0.6 is 0 Å². The summed E-state index contributed by atoms with van der Waals surface area (Å²) in [5, 5.41) is 0. The second kappa shape index (κ2) is 33.6. The van der Waals surface area contributed by atoms with E-state index in [1.807, 2.05) is 0 Å². The van der Waals surface area contributed by atoms with Crippen molar-refractivity contribution >= 4 is 71.3 Å². The predicted octanol–water partition coefficient (Wildman–Crippen LogP) is 14.0. The summed E-state index contributed by atoms with van der Waals surface area (Å²) in [5.41, 5.74) is -3.31. The lowest BCUT2D eigenvalue weighted by Gasteiger charge is -2.44. The number of ether oxygens (including phenoxy) is 7. The highest BCUT2D eigenvalue weighted by Crippen LogP contribution is 2.50. The molecule has 0 N–H and O–H groups in total. The van der Waals surface area contributed by atoms with Crippen molar-refractivity contribution in [1.82, 2.24) is 0 Å². The van der Waals surface area contributed by atoms with Crippen LogP contribution in [0, 0.1) is 139 Å². The first-order valence-corrected chi connectivity index (χ1v) is 33.9. The molecule has 0 radical (unpaired) electrons. The number of carbonyl (C=O) groups excluding carboxylic acids is 12. The van der Waals surface area contributed by atoms with Gasteiger partial charge in [-0.15, -0.1) is 0 Å². The van der Waals surface area contributed by atoms with E-state index in [-0.39, 0.29) is 46.7 Å². The molecule has 0 aliphatic carbocycles. The standard InChI is InChI=1S/C28H46O10.C28H58.C20H20O9/c1-15(29)17(21(25(33)37-11)27(3,4)5)13-19(23(31)35-9)20(24(32)36-10)14-18(16(2)30)22(26(34)38-12)28(6,7)8;1-17(19(3)21(5)23(7)25(9)27(11,12)13)18(2)20(4)22(6)24(8)26(10)28(14,15)16;1-19(2,3)11-9(15(23)28-17(11)25)7-8(14(22)27-13(7)21)10-12(20(4,5)6)18(26)29-16(10)24/h17-22H,13-14H2,1-12H3;17-26H,1-16H3;7-8H,1-6H3. The third-order valence-corrected chi connectivity index (χ3v) is 22.2. The first-order chi connectivity index (χ1) is 42.8. The molecule has 1 fully saturated rings. The van der Waals surface area contributed by atoms with Gasteiger partial charge in [0.05, 0.1) is 74.4 Å². The molecule has 3 aliphatic rings. The molecular weight excluding hydrogens is 1220 g/mol. The van der Waals surface area contributed by atoms with Gasteiger partial charge in [-0.1, -0.05) is 194 Å². The Balaban J connectivity index is 0.000000723. The lowest BCUT2D eigenvalue weighted by atomic mass is 9.62. The topological polar surface area (TPSA) is 269 Å². The second-order valence-electron chi connectivity index (χ2n) is 34.2. The largest absolute Gasteiger partial charge is 0.469 e. The Morgan fingerprint density at radius 1 is 0.337 bits per heavy atom. The van der Waals surface area contributed by atoms with Crippen molar-refractivity contribution in [2.75, 3.05) is 28.4 Å². The van der Waals surface area contributed by atoms with Crippen molar-refractivity contribution in [3.8, 4) is 0 Å². The zero-order valence-electron chi connectivity index (χ0n) is 64.6. The summed E-state index contributed by atoms with van der Waals surface area (Å²) in [6.45, 7) is 62.5. The van der Waals surface area contributed by atoms with Crippen molar-refractivity contribution < 1.29 is 90.7 Å². The minimum absolute atomic E-state index is 0.0836. The van der Waals surface area contributed by atoms with Crippen LogP contribution in [-0.2, 0) is 90.7 Å². The van der Waals surface area contributed by atoms with Crippen LogP contribution in [0.5, 0.6) is 0 Å². The highest BCUT2D eigenvalue weighted by molar-refractivity contribution is 6.21. The van der Waals surface area contributed by atoms with Crippen LogP contribution in [0.25, 0.3) is 0 Å². The minimum Gasteiger partial charge on any atom is -0.469 e. The number of esters is 10. The highest BCUT2D eigenvalue weighted by Gasteiger charge is 2.60. The van der Waals surface area contributed by atoms with E-state index in [0.29, 0.717) is 10.8 Å². The fraction of sp³-hybridized carbons (Fsp3) is 0.789. The predicted molar refractivity (Wildman–Crippen MR) is 362 cm³/mol. The van der Waals surface area contributed by atoms with Crippen LogP contribution in [0.2, 0.25) is 0 Å². The molecule has 3 aliphatic heterocycles. The Morgan fingerprint density at radius 2 is 0.568 bits per heavy atom. The number of hydrogen-bond acceptors (Lipinski definition) is 19. The zero-order chi connectivity index (χ0) is 75.0. The van der Waals surface area contributed by atoms with Gasteiger partial charge < -0.3 is 33.2 Å². The van der Waals surface area contributed by atoms with Gasteiger partial charge >= 0.3 is 59.7 Å². The van der Waals surface area contributed by atoms with Gasteiger partial charge in [0.15, 0.2) is 0 Å². The van der Waals surface area contributed by atoms with E-state index in [1.54, 1.807) is 83.1 Å². The Hall–Kier alpha value is -5.88. The molecule has 0 aromatic rings. The van der Waals surface area contributed by atoms with E-state index in [4.69, 9.17) is 33.2 Å². The summed E-state index contributed by atoms with van der Waals surface area (Å²) in [6.07, 6.45) is -0.469. The molecule has 18 unspecified atom stereocenters. The van der Waals surface area contributed by atoms with Crippen LogP contribution in [0.1, 0.15) is 221 Å².